The fourth-order valence-corrected chi connectivity index (χ4v) is 6.43. The number of nitrogens with one attached hydrogen (secondary N) is 1. The molecule has 0 radical (unpaired) electrons. The highest BCUT2D eigenvalue weighted by atomic mass is 31.2. The maximum Gasteiger partial charge on any atom is 0.459 e. The Morgan fingerprint density at radius 3 is 2.53 bits per heavy atom. The lowest BCUT2D eigenvalue weighted by Gasteiger charge is -2.24. The summed E-state index contributed by atoms with van der Waals surface area (Å²) in [5, 5.41) is 25.2. The summed E-state index contributed by atoms with van der Waals surface area (Å²) in [6.45, 7) is 1.04. The van der Waals surface area contributed by atoms with Crippen LogP contribution in [0.4, 0.5) is 0 Å². The third kappa shape index (κ3) is 6.84. The van der Waals surface area contributed by atoms with Gasteiger partial charge in [-0.15, -0.1) is 0 Å². The van der Waals surface area contributed by atoms with Gasteiger partial charge < -0.3 is 33.2 Å². The van der Waals surface area contributed by atoms with Crippen LogP contribution >= 0.6 is 7.75 Å². The number of para-hydroxylation sites is 1. The number of fused-ring (bicyclic) bond motifs is 1. The SMILES string of the molecule is C[C@H](NP(=O)(OC[C@H]1O[C@@H](n2ccc3c(-c4ccoc4)ncnc32)[C@H](O)[C@@H]1O)Oc1ccccc1)C(=O)OCc1ccccc1. The number of nitrogens with zero attached hydrogens (tertiary/aromatic N) is 3. The number of rotatable bonds is 12. The zero-order chi connectivity index (χ0) is 31.4. The number of esters is 1. The number of aliphatic hydroxyl groups excluding tert-OH is 2. The quantitative estimate of drug-likeness (QED) is 0.132. The minimum atomic E-state index is -4.26. The highest BCUT2D eigenvalue weighted by Gasteiger charge is 2.46. The van der Waals surface area contributed by atoms with Crippen LogP contribution in [0, 0.1) is 0 Å². The molecule has 3 N–H and O–H groups in total. The van der Waals surface area contributed by atoms with Gasteiger partial charge in [-0.1, -0.05) is 48.5 Å². The minimum absolute atomic E-state index is 0.0281. The Kier molecular flexibility index (Phi) is 9.08. The maximum absolute atomic E-state index is 14.0. The van der Waals surface area contributed by atoms with Crippen molar-refractivity contribution < 1.29 is 42.5 Å². The van der Waals surface area contributed by atoms with Crippen molar-refractivity contribution in [3.63, 3.8) is 0 Å². The summed E-state index contributed by atoms with van der Waals surface area (Å²) in [5.41, 5.74) is 2.63. The lowest BCUT2D eigenvalue weighted by atomic mass is 10.1. The average molecular weight is 635 g/mol. The van der Waals surface area contributed by atoms with Crippen LogP contribution < -0.4 is 9.61 Å². The Balaban J connectivity index is 1.16. The van der Waals surface area contributed by atoms with Gasteiger partial charge in [0.1, 0.15) is 48.7 Å². The molecule has 4 heterocycles. The number of benzene rings is 2. The summed E-state index contributed by atoms with van der Waals surface area (Å²) in [7, 11) is -4.26. The Labute approximate surface area is 257 Å². The van der Waals surface area contributed by atoms with E-state index in [0.29, 0.717) is 16.7 Å². The number of hydrogen-bond acceptors (Lipinski definition) is 11. The van der Waals surface area contributed by atoms with Crippen LogP contribution in [0.3, 0.4) is 0 Å². The highest BCUT2D eigenvalue weighted by molar-refractivity contribution is 7.52. The highest BCUT2D eigenvalue weighted by Crippen LogP contribution is 2.46. The van der Waals surface area contributed by atoms with Crippen LogP contribution in [0.15, 0.2) is 102 Å². The van der Waals surface area contributed by atoms with Crippen molar-refractivity contribution in [1.82, 2.24) is 19.6 Å². The molecule has 1 unspecified atom stereocenters. The molecule has 2 aromatic carbocycles. The van der Waals surface area contributed by atoms with Gasteiger partial charge in [0, 0.05) is 17.1 Å². The normalized spacial score (nSPS) is 21.8. The Morgan fingerprint density at radius 2 is 1.80 bits per heavy atom. The molecule has 13 nitrogen and oxygen atoms in total. The molecule has 0 amide bonds. The second-order valence-electron chi connectivity index (χ2n) is 10.4. The number of ether oxygens (including phenoxy) is 2. The molecule has 45 heavy (non-hydrogen) atoms. The number of carbonyl (C=O) groups is 1. The van der Waals surface area contributed by atoms with Gasteiger partial charge in [-0.05, 0) is 36.8 Å². The Bertz CT molecular complexity index is 1770. The molecule has 0 aliphatic carbocycles. The molecule has 0 spiro atoms. The third-order valence-electron chi connectivity index (χ3n) is 7.22. The predicted octanol–water partition coefficient (Wildman–Crippen LogP) is 4.24. The zero-order valence-electron chi connectivity index (χ0n) is 24.1. The van der Waals surface area contributed by atoms with Crippen LogP contribution in [0.5, 0.6) is 5.75 Å². The molecule has 1 saturated heterocycles. The van der Waals surface area contributed by atoms with E-state index < -0.39 is 50.9 Å². The summed E-state index contributed by atoms with van der Waals surface area (Å²) in [6, 6.07) is 19.9. The van der Waals surface area contributed by atoms with E-state index in [9.17, 15) is 19.6 Å². The molecule has 0 saturated carbocycles. The van der Waals surface area contributed by atoms with Gasteiger partial charge in [-0.3, -0.25) is 9.32 Å². The van der Waals surface area contributed by atoms with E-state index in [2.05, 4.69) is 15.1 Å². The standard InChI is InChI=1S/C31H31N4O9P/c1-20(31(38)41-16-21-8-4-2-5-9-21)34-45(39,44-23-10-6-3-7-11-23)42-18-25-27(36)28(37)30(43-25)35-14-12-24-26(22-13-15-40-17-22)32-19-33-29(24)35/h2-15,17,19-20,25,27-28,30,36-37H,16,18H2,1H3,(H,34,39)/t20-,25+,27+,28+,30+,45?/m0/s1. The van der Waals surface area contributed by atoms with Crippen molar-refractivity contribution in [3.8, 4) is 17.0 Å². The smallest absolute Gasteiger partial charge is 0.459 e. The minimum Gasteiger partial charge on any atom is -0.472 e. The van der Waals surface area contributed by atoms with Crippen molar-refractivity contribution in [2.75, 3.05) is 6.61 Å². The van der Waals surface area contributed by atoms with E-state index in [1.807, 2.05) is 30.3 Å². The average Bonchev–Trinajstić information content (AvgIpc) is 3.80. The van der Waals surface area contributed by atoms with E-state index >= 15 is 0 Å². The lowest BCUT2D eigenvalue weighted by molar-refractivity contribution is -0.146. The maximum atomic E-state index is 14.0. The zero-order valence-corrected chi connectivity index (χ0v) is 25.0. The molecule has 14 heteroatoms. The van der Waals surface area contributed by atoms with Gasteiger partial charge in [0.2, 0.25) is 0 Å². The van der Waals surface area contributed by atoms with E-state index in [1.54, 1.807) is 59.5 Å². The molecule has 1 aliphatic heterocycles. The van der Waals surface area contributed by atoms with Gasteiger partial charge in [0.25, 0.3) is 0 Å². The Hall–Kier alpha value is -4.36. The van der Waals surface area contributed by atoms with Crippen LogP contribution in [0.25, 0.3) is 22.3 Å². The summed E-state index contributed by atoms with van der Waals surface area (Å²) in [5.74, 6) is -0.459. The van der Waals surface area contributed by atoms with Crippen LogP contribution in [-0.2, 0) is 30.0 Å². The van der Waals surface area contributed by atoms with Crippen molar-refractivity contribution in [2.45, 2.75) is 44.1 Å². The van der Waals surface area contributed by atoms with Gasteiger partial charge >= 0.3 is 13.7 Å². The predicted molar refractivity (Wildman–Crippen MR) is 161 cm³/mol. The van der Waals surface area contributed by atoms with Gasteiger partial charge in [-0.25, -0.2) is 14.5 Å². The van der Waals surface area contributed by atoms with E-state index in [4.69, 9.17) is 22.9 Å². The molecule has 5 aromatic rings. The van der Waals surface area contributed by atoms with Crippen molar-refractivity contribution in [2.24, 2.45) is 0 Å². The van der Waals surface area contributed by atoms with Crippen molar-refractivity contribution in [3.05, 3.63) is 103 Å². The molecule has 6 atom stereocenters. The molecule has 1 fully saturated rings. The topological polar surface area (TPSA) is 167 Å². The summed E-state index contributed by atoms with van der Waals surface area (Å²) < 4.78 is 43.5. The molecular weight excluding hydrogens is 603 g/mol. The van der Waals surface area contributed by atoms with Crippen molar-refractivity contribution in [1.29, 1.82) is 0 Å². The summed E-state index contributed by atoms with van der Waals surface area (Å²) in [6.07, 6.45) is 1.19. The third-order valence-corrected chi connectivity index (χ3v) is 8.87. The van der Waals surface area contributed by atoms with Crippen LogP contribution in [0.2, 0.25) is 0 Å². The monoisotopic (exact) mass is 634 g/mol. The van der Waals surface area contributed by atoms with E-state index in [0.717, 1.165) is 11.1 Å². The van der Waals surface area contributed by atoms with Crippen LogP contribution in [-0.4, -0.2) is 61.7 Å². The number of aliphatic hydroxyl groups is 2. The van der Waals surface area contributed by atoms with Crippen LogP contribution in [0.1, 0.15) is 18.7 Å². The first kappa shape index (κ1) is 30.7. The second kappa shape index (κ2) is 13.3. The van der Waals surface area contributed by atoms with Gasteiger partial charge in [0.05, 0.1) is 24.8 Å². The molecule has 234 valence electrons. The second-order valence-corrected chi connectivity index (χ2v) is 12.1. The fraction of sp³-hybridized carbons (Fsp3) is 0.258. The number of furan rings is 1. The molecule has 6 rings (SSSR count). The Morgan fingerprint density at radius 1 is 1.04 bits per heavy atom. The molecular formula is C31H31N4O9P. The lowest BCUT2D eigenvalue weighted by Crippen LogP contribution is -2.37. The molecule has 3 aromatic heterocycles. The van der Waals surface area contributed by atoms with Gasteiger partial charge in [0.15, 0.2) is 6.23 Å². The largest absolute Gasteiger partial charge is 0.472 e. The number of carbonyl (C=O) groups excluding carboxylic acids is 1. The fourth-order valence-electron chi connectivity index (χ4n) is 4.93. The number of aromatic nitrogens is 3. The first-order chi connectivity index (χ1) is 21.8. The van der Waals surface area contributed by atoms with Gasteiger partial charge in [-0.2, -0.15) is 5.09 Å². The van der Waals surface area contributed by atoms with E-state index in [-0.39, 0.29) is 12.4 Å². The summed E-state index contributed by atoms with van der Waals surface area (Å²) >= 11 is 0. The van der Waals surface area contributed by atoms with E-state index in [1.165, 1.54) is 19.5 Å². The molecule has 0 bridgehead atoms. The molecule has 1 aliphatic rings. The van der Waals surface area contributed by atoms with Crippen molar-refractivity contribution >= 4 is 24.7 Å². The first-order valence-electron chi connectivity index (χ1n) is 14.1. The summed E-state index contributed by atoms with van der Waals surface area (Å²) in [4.78, 5) is 21.5. The first-order valence-corrected chi connectivity index (χ1v) is 15.7. The number of hydrogen-bond donors (Lipinski definition) is 3.